The van der Waals surface area contributed by atoms with Gasteiger partial charge in [-0.2, -0.15) is 18.3 Å². The van der Waals surface area contributed by atoms with E-state index in [0.29, 0.717) is 32.1 Å². The summed E-state index contributed by atoms with van der Waals surface area (Å²) in [6.07, 6.45) is -1.97. The number of hydrogen-bond acceptors (Lipinski definition) is 6. The summed E-state index contributed by atoms with van der Waals surface area (Å²) in [7, 11) is 1.41. The Bertz CT molecular complexity index is 1230. The monoisotopic (exact) mass is 539 g/mol. The van der Waals surface area contributed by atoms with Crippen LogP contribution in [-0.4, -0.2) is 74.0 Å². The van der Waals surface area contributed by atoms with E-state index in [0.717, 1.165) is 6.20 Å². The standard InChI is InChI=1S/C25H29F4N5O4/c1-38-20-9-16(17(26)13-30-20)18-10-19(33-32-18)22(36)34-8-4-14(11-23(34)6-7-23)21(35)31-15-3-2-5-24(37,12-15)25(27,28)29/h9-10,13-15,37H,2-8,11-12H2,1H3,(H,31,35)(H,32,33)/t14-,15-,24+/m0/s1. The predicted octanol–water partition coefficient (Wildman–Crippen LogP) is 3.36. The van der Waals surface area contributed by atoms with Crippen molar-refractivity contribution in [2.45, 2.75) is 74.7 Å². The highest BCUT2D eigenvalue weighted by atomic mass is 19.4. The van der Waals surface area contributed by atoms with E-state index >= 15 is 0 Å². The van der Waals surface area contributed by atoms with Crippen LogP contribution in [0.15, 0.2) is 18.3 Å². The van der Waals surface area contributed by atoms with Crippen LogP contribution < -0.4 is 10.1 Å². The van der Waals surface area contributed by atoms with Crippen LogP contribution in [-0.2, 0) is 4.79 Å². The normalized spacial score (nSPS) is 26.7. The zero-order valence-corrected chi connectivity index (χ0v) is 20.8. The molecule has 0 radical (unpaired) electrons. The maximum Gasteiger partial charge on any atom is 0.417 e. The fourth-order valence-electron chi connectivity index (χ4n) is 5.75. The van der Waals surface area contributed by atoms with Crippen LogP contribution in [0.1, 0.15) is 61.9 Å². The average Bonchev–Trinajstić information content (AvgIpc) is 3.44. The summed E-state index contributed by atoms with van der Waals surface area (Å²) in [6.45, 7) is 0.285. The SMILES string of the molecule is COc1cc(-c2cc(C(=O)N3CC[C@H](C(=O)N[C@H]4CCC[C@](O)(C(F)(F)F)C4)CC34CC4)n[nH]2)c(F)cn1. The number of nitrogens with zero attached hydrogens (tertiary/aromatic N) is 3. The molecule has 0 unspecified atom stereocenters. The van der Waals surface area contributed by atoms with Crippen molar-refractivity contribution in [1.29, 1.82) is 0 Å². The summed E-state index contributed by atoms with van der Waals surface area (Å²) in [5.74, 6) is -1.53. The number of likely N-dealkylation sites (tertiary alicyclic amines) is 1. The van der Waals surface area contributed by atoms with E-state index in [-0.39, 0.29) is 54.0 Å². The number of carbonyl (C=O) groups is 2. The molecular formula is C25H29F4N5O4. The van der Waals surface area contributed by atoms with Crippen molar-refractivity contribution >= 4 is 11.8 Å². The Morgan fingerprint density at radius 2 is 1.97 bits per heavy atom. The number of alkyl halides is 3. The van der Waals surface area contributed by atoms with E-state index in [1.165, 1.54) is 19.2 Å². The summed E-state index contributed by atoms with van der Waals surface area (Å²) >= 11 is 0. The molecule has 2 aromatic rings. The van der Waals surface area contributed by atoms with Crippen LogP contribution in [0, 0.1) is 11.7 Å². The number of ether oxygens (including phenoxy) is 1. The summed E-state index contributed by atoms with van der Waals surface area (Å²) in [6, 6.07) is 2.10. The summed E-state index contributed by atoms with van der Waals surface area (Å²) in [5.41, 5.74) is -2.75. The molecule has 3 aliphatic rings. The molecule has 2 aromatic heterocycles. The van der Waals surface area contributed by atoms with Crippen molar-refractivity contribution in [3.63, 3.8) is 0 Å². The number of piperidine rings is 1. The molecule has 3 heterocycles. The molecule has 5 rings (SSSR count). The van der Waals surface area contributed by atoms with Gasteiger partial charge in [-0.15, -0.1) is 0 Å². The summed E-state index contributed by atoms with van der Waals surface area (Å²) in [4.78, 5) is 31.8. The fourth-order valence-corrected chi connectivity index (χ4v) is 5.75. The van der Waals surface area contributed by atoms with Gasteiger partial charge in [0.2, 0.25) is 11.8 Å². The molecule has 3 N–H and O–H groups in total. The zero-order valence-electron chi connectivity index (χ0n) is 20.8. The van der Waals surface area contributed by atoms with Crippen molar-refractivity contribution in [2.75, 3.05) is 13.7 Å². The van der Waals surface area contributed by atoms with Crippen molar-refractivity contribution in [3.8, 4) is 17.1 Å². The lowest BCUT2D eigenvalue weighted by molar-refractivity contribution is -0.271. The Kier molecular flexibility index (Phi) is 6.60. The number of aromatic nitrogens is 3. The minimum atomic E-state index is -4.75. The van der Waals surface area contributed by atoms with E-state index in [9.17, 15) is 32.3 Å². The van der Waals surface area contributed by atoms with Crippen molar-refractivity contribution in [2.24, 2.45) is 5.92 Å². The van der Waals surface area contributed by atoms with Crippen LogP contribution in [0.4, 0.5) is 17.6 Å². The number of H-pyrrole nitrogens is 1. The van der Waals surface area contributed by atoms with Crippen molar-refractivity contribution in [1.82, 2.24) is 25.4 Å². The van der Waals surface area contributed by atoms with E-state index in [2.05, 4.69) is 20.5 Å². The quantitative estimate of drug-likeness (QED) is 0.502. The predicted molar refractivity (Wildman–Crippen MR) is 125 cm³/mol. The lowest BCUT2D eigenvalue weighted by Gasteiger charge is -2.41. The molecule has 38 heavy (non-hydrogen) atoms. The number of amides is 2. The van der Waals surface area contributed by atoms with Crippen LogP contribution in [0.2, 0.25) is 0 Å². The molecule has 3 fully saturated rings. The number of pyridine rings is 1. The van der Waals surface area contributed by atoms with Crippen LogP contribution in [0.3, 0.4) is 0 Å². The summed E-state index contributed by atoms with van der Waals surface area (Å²) in [5, 5.41) is 19.5. The maximum absolute atomic E-state index is 14.3. The molecule has 1 aliphatic heterocycles. The molecule has 1 saturated heterocycles. The Labute approximate surface area is 215 Å². The van der Waals surface area contributed by atoms with Crippen LogP contribution in [0.25, 0.3) is 11.3 Å². The number of aromatic amines is 1. The number of methoxy groups -OCH3 is 1. The molecule has 2 amide bonds. The number of carbonyl (C=O) groups excluding carboxylic acids is 2. The number of halogens is 4. The van der Waals surface area contributed by atoms with Gasteiger partial charge in [-0.25, -0.2) is 9.37 Å². The minimum Gasteiger partial charge on any atom is -0.481 e. The highest BCUT2D eigenvalue weighted by Gasteiger charge is 2.57. The lowest BCUT2D eigenvalue weighted by Crippen LogP contribution is -2.55. The van der Waals surface area contributed by atoms with Gasteiger partial charge >= 0.3 is 6.18 Å². The zero-order chi connectivity index (χ0) is 27.3. The van der Waals surface area contributed by atoms with Gasteiger partial charge < -0.3 is 20.1 Å². The van der Waals surface area contributed by atoms with Gasteiger partial charge in [-0.3, -0.25) is 14.7 Å². The molecule has 3 atom stereocenters. The van der Waals surface area contributed by atoms with Gasteiger partial charge in [-0.1, -0.05) is 0 Å². The first-order chi connectivity index (χ1) is 17.9. The fraction of sp³-hybridized carbons (Fsp3) is 0.600. The van der Waals surface area contributed by atoms with Crippen LogP contribution in [0.5, 0.6) is 5.88 Å². The largest absolute Gasteiger partial charge is 0.481 e. The molecule has 0 aromatic carbocycles. The van der Waals surface area contributed by atoms with Gasteiger partial charge in [-0.05, 0) is 51.0 Å². The van der Waals surface area contributed by atoms with E-state index < -0.39 is 41.5 Å². The minimum absolute atomic E-state index is 0.109. The second kappa shape index (κ2) is 9.51. The third-order valence-electron chi connectivity index (χ3n) is 8.07. The Morgan fingerprint density at radius 3 is 2.66 bits per heavy atom. The van der Waals surface area contributed by atoms with Gasteiger partial charge in [0.1, 0.15) is 0 Å². The number of rotatable bonds is 5. The Hall–Kier alpha value is -3.22. The smallest absolute Gasteiger partial charge is 0.417 e. The van der Waals surface area contributed by atoms with Gasteiger partial charge in [0.05, 0.1) is 19.0 Å². The molecular weight excluding hydrogens is 510 g/mol. The highest BCUT2D eigenvalue weighted by molar-refractivity contribution is 5.94. The summed E-state index contributed by atoms with van der Waals surface area (Å²) < 4.78 is 59.2. The van der Waals surface area contributed by atoms with E-state index in [4.69, 9.17) is 4.74 Å². The average molecular weight is 540 g/mol. The first-order valence-corrected chi connectivity index (χ1v) is 12.6. The lowest BCUT2D eigenvalue weighted by atomic mass is 9.80. The van der Waals surface area contributed by atoms with Gasteiger partial charge in [0, 0.05) is 42.1 Å². The third kappa shape index (κ3) is 4.83. The molecule has 9 nitrogen and oxygen atoms in total. The second-order valence-corrected chi connectivity index (χ2v) is 10.6. The topological polar surface area (TPSA) is 120 Å². The van der Waals surface area contributed by atoms with Gasteiger partial charge in [0.15, 0.2) is 17.1 Å². The second-order valence-electron chi connectivity index (χ2n) is 10.6. The molecule has 2 aliphatic carbocycles. The molecule has 206 valence electrons. The molecule has 1 spiro atoms. The molecule has 2 saturated carbocycles. The van der Waals surface area contributed by atoms with E-state index in [1.807, 2.05) is 0 Å². The number of hydrogen-bond donors (Lipinski definition) is 3. The first-order valence-electron chi connectivity index (χ1n) is 12.6. The third-order valence-corrected chi connectivity index (χ3v) is 8.07. The van der Waals surface area contributed by atoms with E-state index in [1.54, 1.807) is 4.90 Å². The highest BCUT2D eigenvalue weighted by Crippen LogP contribution is 2.51. The molecule has 13 heteroatoms. The maximum atomic E-state index is 14.3. The number of aliphatic hydroxyl groups is 1. The first kappa shape index (κ1) is 26.4. The Morgan fingerprint density at radius 1 is 1.21 bits per heavy atom. The molecule has 0 bridgehead atoms. The van der Waals surface area contributed by atoms with Crippen molar-refractivity contribution < 1.29 is 37.0 Å². The van der Waals surface area contributed by atoms with Gasteiger partial charge in [0.25, 0.3) is 5.91 Å². The Balaban J connectivity index is 1.23. The number of nitrogens with one attached hydrogen (secondary N) is 2. The van der Waals surface area contributed by atoms with Crippen LogP contribution >= 0.6 is 0 Å². The van der Waals surface area contributed by atoms with Crippen molar-refractivity contribution in [3.05, 3.63) is 29.8 Å².